The Hall–Kier alpha value is -1.56. The van der Waals surface area contributed by atoms with Gasteiger partial charge in [0.05, 0.1) is 11.3 Å². The molecule has 2 aromatic heterocycles. The van der Waals surface area contributed by atoms with E-state index in [1.807, 2.05) is 0 Å². The van der Waals surface area contributed by atoms with Gasteiger partial charge >= 0.3 is 6.18 Å². The molecule has 1 aliphatic heterocycles. The molecule has 1 saturated heterocycles. The number of nitrogens with zero attached hydrogens (tertiary/aromatic N) is 2. The first-order valence-electron chi connectivity index (χ1n) is 6.30. The van der Waals surface area contributed by atoms with Gasteiger partial charge in [0.2, 0.25) is 0 Å². The van der Waals surface area contributed by atoms with E-state index in [0.29, 0.717) is 11.7 Å². The third kappa shape index (κ3) is 2.58. The Morgan fingerprint density at radius 1 is 1.32 bits per heavy atom. The van der Waals surface area contributed by atoms with Gasteiger partial charge in [-0.05, 0) is 31.5 Å². The van der Waals surface area contributed by atoms with E-state index in [-0.39, 0.29) is 0 Å². The lowest BCUT2D eigenvalue weighted by atomic mass is 10.1. The lowest BCUT2D eigenvalue weighted by Crippen LogP contribution is -2.23. The molecule has 3 nitrogen and oxygen atoms in total. The maximum Gasteiger partial charge on any atom is 0.417 e. The minimum atomic E-state index is -4.31. The van der Waals surface area contributed by atoms with E-state index in [0.717, 1.165) is 43.8 Å². The molecular formula is C13H14F3N3. The Morgan fingerprint density at radius 2 is 2.16 bits per heavy atom. The van der Waals surface area contributed by atoms with Crippen LogP contribution in [0.3, 0.4) is 0 Å². The van der Waals surface area contributed by atoms with Crippen LogP contribution in [-0.4, -0.2) is 22.0 Å². The molecule has 0 amide bonds. The fraction of sp³-hybridized carbons (Fsp3) is 0.462. The zero-order valence-corrected chi connectivity index (χ0v) is 10.2. The summed E-state index contributed by atoms with van der Waals surface area (Å²) in [5, 5.41) is 3.36. The van der Waals surface area contributed by atoms with Crippen molar-refractivity contribution in [3.8, 4) is 0 Å². The fourth-order valence-electron chi connectivity index (χ4n) is 2.49. The molecule has 1 N–H and O–H groups in total. The van der Waals surface area contributed by atoms with Crippen LogP contribution in [-0.2, 0) is 12.6 Å². The highest BCUT2D eigenvalue weighted by atomic mass is 19.4. The fourth-order valence-corrected chi connectivity index (χ4v) is 2.49. The van der Waals surface area contributed by atoms with Gasteiger partial charge in [-0.3, -0.25) is 0 Å². The number of pyridine rings is 1. The molecule has 3 heterocycles. The van der Waals surface area contributed by atoms with Gasteiger partial charge in [-0.25, -0.2) is 4.98 Å². The number of fused-ring (bicyclic) bond motifs is 1. The second-order valence-electron chi connectivity index (χ2n) is 4.91. The first kappa shape index (κ1) is 12.5. The Balaban J connectivity index is 1.87. The third-order valence-electron chi connectivity index (χ3n) is 3.45. The van der Waals surface area contributed by atoms with E-state index in [9.17, 15) is 13.2 Å². The van der Waals surface area contributed by atoms with Crippen molar-refractivity contribution in [3.63, 3.8) is 0 Å². The summed E-state index contributed by atoms with van der Waals surface area (Å²) in [5.74, 6) is 0. The van der Waals surface area contributed by atoms with Crippen LogP contribution in [0.25, 0.3) is 5.65 Å². The van der Waals surface area contributed by atoms with Crippen LogP contribution in [0, 0.1) is 0 Å². The van der Waals surface area contributed by atoms with Crippen molar-refractivity contribution in [2.75, 3.05) is 6.54 Å². The number of aromatic nitrogens is 2. The van der Waals surface area contributed by atoms with Crippen molar-refractivity contribution >= 4 is 5.65 Å². The Labute approximate surface area is 108 Å². The normalized spacial score (nSPS) is 20.3. The zero-order chi connectivity index (χ0) is 13.5. The smallest absolute Gasteiger partial charge is 0.314 e. The maximum atomic E-state index is 12.6. The monoisotopic (exact) mass is 269 g/mol. The van der Waals surface area contributed by atoms with Crippen LogP contribution in [0.5, 0.6) is 0 Å². The lowest BCUT2D eigenvalue weighted by molar-refractivity contribution is -0.137. The van der Waals surface area contributed by atoms with Crippen molar-refractivity contribution in [2.45, 2.75) is 31.5 Å². The number of halogens is 3. The number of nitrogens with one attached hydrogen (secondary N) is 1. The van der Waals surface area contributed by atoms with Gasteiger partial charge in [-0.15, -0.1) is 0 Å². The molecule has 0 radical (unpaired) electrons. The highest BCUT2D eigenvalue weighted by molar-refractivity contribution is 5.42. The van der Waals surface area contributed by atoms with E-state index in [4.69, 9.17) is 0 Å². The van der Waals surface area contributed by atoms with Gasteiger partial charge in [0.1, 0.15) is 5.65 Å². The van der Waals surface area contributed by atoms with Crippen LogP contribution in [0.4, 0.5) is 13.2 Å². The van der Waals surface area contributed by atoms with E-state index in [1.165, 1.54) is 10.5 Å². The molecule has 0 aliphatic carbocycles. The summed E-state index contributed by atoms with van der Waals surface area (Å²) in [4.78, 5) is 4.35. The van der Waals surface area contributed by atoms with Crippen molar-refractivity contribution in [1.82, 2.24) is 14.7 Å². The van der Waals surface area contributed by atoms with Gasteiger partial charge in [0.25, 0.3) is 0 Å². The van der Waals surface area contributed by atoms with Crippen LogP contribution in [0.1, 0.15) is 24.1 Å². The molecule has 0 spiro atoms. The van der Waals surface area contributed by atoms with Crippen molar-refractivity contribution in [2.24, 2.45) is 0 Å². The second-order valence-corrected chi connectivity index (χ2v) is 4.91. The number of hydrogen-bond acceptors (Lipinski definition) is 2. The molecule has 2 aromatic rings. The van der Waals surface area contributed by atoms with E-state index < -0.39 is 11.7 Å². The summed E-state index contributed by atoms with van der Waals surface area (Å²) in [6.45, 7) is 1.01. The molecule has 3 rings (SSSR count). The average Bonchev–Trinajstić information content (AvgIpc) is 2.95. The minimum Gasteiger partial charge on any atom is -0.314 e. The van der Waals surface area contributed by atoms with Crippen LogP contribution < -0.4 is 5.32 Å². The summed E-state index contributed by atoms with van der Waals surface area (Å²) >= 11 is 0. The number of rotatable bonds is 2. The van der Waals surface area contributed by atoms with Crippen molar-refractivity contribution in [3.05, 3.63) is 35.8 Å². The maximum absolute atomic E-state index is 12.6. The van der Waals surface area contributed by atoms with Gasteiger partial charge in [0.15, 0.2) is 0 Å². The highest BCUT2D eigenvalue weighted by Crippen LogP contribution is 2.29. The van der Waals surface area contributed by atoms with Gasteiger partial charge < -0.3 is 9.72 Å². The molecule has 1 unspecified atom stereocenters. The summed E-state index contributed by atoms with van der Waals surface area (Å²) in [7, 11) is 0. The van der Waals surface area contributed by atoms with Gasteiger partial charge in [0, 0.05) is 24.9 Å². The number of hydrogen-bond donors (Lipinski definition) is 1. The Morgan fingerprint density at radius 3 is 2.84 bits per heavy atom. The lowest BCUT2D eigenvalue weighted by Gasteiger charge is -2.06. The molecule has 1 fully saturated rings. The molecule has 0 saturated carbocycles. The predicted octanol–water partition coefficient (Wildman–Crippen LogP) is 2.65. The Kier molecular flexibility index (Phi) is 2.97. The number of alkyl halides is 3. The third-order valence-corrected chi connectivity index (χ3v) is 3.45. The SMILES string of the molecule is FC(F)(F)c1ccc2nc(CC3CCCN3)cn2c1. The van der Waals surface area contributed by atoms with Crippen LogP contribution >= 0.6 is 0 Å². The summed E-state index contributed by atoms with van der Waals surface area (Å²) in [5.41, 5.74) is 0.739. The zero-order valence-electron chi connectivity index (χ0n) is 10.2. The van der Waals surface area contributed by atoms with E-state index in [1.54, 1.807) is 6.20 Å². The average molecular weight is 269 g/mol. The largest absolute Gasteiger partial charge is 0.417 e. The second kappa shape index (κ2) is 4.52. The highest BCUT2D eigenvalue weighted by Gasteiger charge is 2.30. The summed E-state index contributed by atoms with van der Waals surface area (Å²) in [6, 6.07) is 2.88. The topological polar surface area (TPSA) is 29.3 Å². The predicted molar refractivity (Wildman–Crippen MR) is 64.9 cm³/mol. The van der Waals surface area contributed by atoms with Crippen LogP contribution in [0.2, 0.25) is 0 Å². The van der Waals surface area contributed by atoms with Crippen LogP contribution in [0.15, 0.2) is 24.5 Å². The molecule has 1 aliphatic rings. The standard InChI is InChI=1S/C13H14F3N3/c14-13(15,16)9-3-4-12-18-11(8-19(12)7-9)6-10-2-1-5-17-10/h3-4,7-8,10,17H,1-2,5-6H2. The molecule has 0 bridgehead atoms. The van der Waals surface area contributed by atoms with Crippen molar-refractivity contribution < 1.29 is 13.2 Å². The van der Waals surface area contributed by atoms with E-state index in [2.05, 4.69) is 10.3 Å². The summed E-state index contributed by atoms with van der Waals surface area (Å²) in [6.07, 6.45) is 1.48. The van der Waals surface area contributed by atoms with Gasteiger partial charge in [-0.1, -0.05) is 0 Å². The molecule has 1 atom stereocenters. The molecule has 102 valence electrons. The van der Waals surface area contributed by atoms with Gasteiger partial charge in [-0.2, -0.15) is 13.2 Å². The van der Waals surface area contributed by atoms with Crippen molar-refractivity contribution in [1.29, 1.82) is 0 Å². The van der Waals surface area contributed by atoms with E-state index >= 15 is 0 Å². The Bertz CT molecular complexity index is 582. The quantitative estimate of drug-likeness (QED) is 0.908. The first-order valence-corrected chi connectivity index (χ1v) is 6.30. The minimum absolute atomic E-state index is 0.395. The molecule has 6 heteroatoms. The first-order chi connectivity index (χ1) is 9.02. The molecule has 19 heavy (non-hydrogen) atoms. The molecular weight excluding hydrogens is 255 g/mol. The summed E-state index contributed by atoms with van der Waals surface area (Å²) < 4.78 is 39.3. The number of imidazole rings is 1. The molecule has 0 aromatic carbocycles.